The van der Waals surface area contributed by atoms with Crippen LogP contribution in [-0.2, 0) is 32.5 Å². The molecular formula is C78H76N4O. The minimum absolute atomic E-state index is 0.00747. The fourth-order valence-corrected chi connectivity index (χ4v) is 15.5. The first-order valence-corrected chi connectivity index (χ1v) is 30.5. The number of para-hydroxylation sites is 2. The standard InChI is InChI=1S/C78H76N4O/c1-73(2)34-35-74(3,4)61-43-59-57-30-21-29-52(48-22-14-13-15-23-48)71(57)81-47-80(67-44-63-70(78(11,12)39-38-76(63,7)8)69(72(67)81)56-28-17-16-26-53(56)58(59)42-60(61)73)49-24-20-25-50(40-49)83-51-32-33-55-54-27-18-19-31-65(54)82(66(55)41-51)68-45-62-64(46-79-68)77(9,10)37-36-75(62,5)6/h13-33,40-46H,34-39H2,1-12H3. The second kappa shape index (κ2) is 17.8. The summed E-state index contributed by atoms with van der Waals surface area (Å²) in [7, 11) is 0. The molecule has 0 saturated carbocycles. The first kappa shape index (κ1) is 51.8. The first-order chi connectivity index (χ1) is 39.6. The molecule has 4 heterocycles. The van der Waals surface area contributed by atoms with Crippen LogP contribution in [0.15, 0.2) is 170 Å². The van der Waals surface area contributed by atoms with E-state index in [-0.39, 0.29) is 32.5 Å². The lowest BCUT2D eigenvalue weighted by molar-refractivity contribution is -0.570. The molecule has 0 unspecified atom stereocenters. The molecule has 0 fully saturated rings. The molecule has 0 radical (unpaired) electrons. The van der Waals surface area contributed by atoms with Crippen LogP contribution in [0, 0.1) is 6.33 Å². The van der Waals surface area contributed by atoms with Crippen molar-refractivity contribution in [2.75, 3.05) is 0 Å². The van der Waals surface area contributed by atoms with Crippen molar-refractivity contribution in [1.82, 2.24) is 14.1 Å². The lowest BCUT2D eigenvalue weighted by Crippen LogP contribution is -2.36. The van der Waals surface area contributed by atoms with Crippen molar-refractivity contribution in [1.29, 1.82) is 0 Å². The Morgan fingerprint density at radius 2 is 0.976 bits per heavy atom. The third kappa shape index (κ3) is 7.85. The van der Waals surface area contributed by atoms with Crippen LogP contribution >= 0.6 is 0 Å². The van der Waals surface area contributed by atoms with E-state index >= 15 is 0 Å². The van der Waals surface area contributed by atoms with Crippen LogP contribution in [0.1, 0.15) is 155 Å². The summed E-state index contributed by atoms with van der Waals surface area (Å²) in [5.74, 6) is 2.46. The van der Waals surface area contributed by atoms with E-state index in [1.807, 2.05) is 0 Å². The molecule has 3 aliphatic carbocycles. The van der Waals surface area contributed by atoms with Crippen molar-refractivity contribution in [2.24, 2.45) is 0 Å². The third-order valence-electron chi connectivity index (χ3n) is 20.7. The minimum Gasteiger partial charge on any atom is -0.458 e. The summed E-state index contributed by atoms with van der Waals surface area (Å²) in [6.07, 6.45) is 13.1. The van der Waals surface area contributed by atoms with E-state index in [9.17, 15) is 0 Å². The van der Waals surface area contributed by atoms with Gasteiger partial charge in [-0.05, 0) is 204 Å². The van der Waals surface area contributed by atoms with Crippen molar-refractivity contribution < 1.29 is 9.30 Å². The van der Waals surface area contributed by atoms with Gasteiger partial charge in [-0.1, -0.05) is 186 Å². The van der Waals surface area contributed by atoms with Crippen LogP contribution in [0.4, 0.5) is 0 Å². The van der Waals surface area contributed by atoms with Gasteiger partial charge in [0.1, 0.15) is 17.3 Å². The van der Waals surface area contributed by atoms with Gasteiger partial charge in [0.05, 0.1) is 33.4 Å². The summed E-state index contributed by atoms with van der Waals surface area (Å²) in [6.45, 7) is 29.3. The summed E-state index contributed by atoms with van der Waals surface area (Å²) >= 11 is 0. The molecule has 8 aromatic carbocycles. The zero-order valence-corrected chi connectivity index (χ0v) is 50.6. The maximum Gasteiger partial charge on any atom is 0.269 e. The van der Waals surface area contributed by atoms with Crippen LogP contribution in [0.3, 0.4) is 0 Å². The molecule has 1 aliphatic heterocycles. The van der Waals surface area contributed by atoms with Crippen LogP contribution in [0.5, 0.6) is 11.5 Å². The van der Waals surface area contributed by atoms with E-state index in [0.717, 1.165) is 89.3 Å². The highest BCUT2D eigenvalue weighted by molar-refractivity contribution is 6.10. The van der Waals surface area contributed by atoms with Crippen molar-refractivity contribution in [3.63, 3.8) is 0 Å². The Hall–Kier alpha value is -8.02. The highest BCUT2D eigenvalue weighted by Gasteiger charge is 2.44. The lowest BCUT2D eigenvalue weighted by Gasteiger charge is -2.44. The molecule has 4 aliphatic rings. The van der Waals surface area contributed by atoms with Gasteiger partial charge in [0, 0.05) is 23.0 Å². The molecule has 0 spiro atoms. The predicted molar refractivity (Wildman–Crippen MR) is 343 cm³/mol. The number of imidazole rings is 1. The topological polar surface area (TPSA) is 35.9 Å². The van der Waals surface area contributed by atoms with E-state index in [1.165, 1.54) is 88.7 Å². The molecule has 5 nitrogen and oxygen atoms in total. The largest absolute Gasteiger partial charge is 0.458 e. The number of benzene rings is 8. The van der Waals surface area contributed by atoms with Crippen LogP contribution in [-0.4, -0.2) is 14.1 Å². The second-order valence-electron chi connectivity index (χ2n) is 28.9. The molecule has 0 saturated heterocycles. The van der Waals surface area contributed by atoms with Crippen molar-refractivity contribution >= 4 is 32.8 Å². The van der Waals surface area contributed by atoms with Gasteiger partial charge in [0.25, 0.3) is 6.33 Å². The fourth-order valence-electron chi connectivity index (χ4n) is 15.5. The van der Waals surface area contributed by atoms with E-state index < -0.39 is 0 Å². The smallest absolute Gasteiger partial charge is 0.269 e. The molecule has 11 aromatic rings. The Bertz CT molecular complexity index is 4530. The molecule has 0 amide bonds. The van der Waals surface area contributed by atoms with E-state index in [2.05, 4.69) is 273 Å². The van der Waals surface area contributed by atoms with Gasteiger partial charge in [-0.15, -0.1) is 0 Å². The summed E-state index contributed by atoms with van der Waals surface area (Å²) in [5, 5.41) is 2.37. The average molecular weight is 1090 g/mol. The molecule has 5 heteroatoms. The Morgan fingerprint density at radius 3 is 1.70 bits per heavy atom. The molecule has 414 valence electrons. The maximum atomic E-state index is 7.10. The Balaban J connectivity index is 0.974. The number of pyridine rings is 1. The second-order valence-corrected chi connectivity index (χ2v) is 28.9. The molecular weight excluding hydrogens is 1010 g/mol. The van der Waals surface area contributed by atoms with Crippen LogP contribution in [0.2, 0.25) is 0 Å². The fraction of sp³-hybridized carbons (Fsp3) is 0.308. The summed E-state index contributed by atoms with van der Waals surface area (Å²) in [5.41, 5.74) is 25.0. The van der Waals surface area contributed by atoms with Gasteiger partial charge in [-0.3, -0.25) is 13.7 Å². The number of hydrogen-bond donors (Lipinski definition) is 0. The van der Waals surface area contributed by atoms with Crippen LogP contribution < -0.4 is 9.30 Å². The lowest BCUT2D eigenvalue weighted by atomic mass is 9.61. The molecule has 0 bridgehead atoms. The summed E-state index contributed by atoms with van der Waals surface area (Å²) in [6, 6.07) is 61.4. The molecule has 83 heavy (non-hydrogen) atoms. The monoisotopic (exact) mass is 1080 g/mol. The molecule has 3 aromatic heterocycles. The van der Waals surface area contributed by atoms with E-state index in [1.54, 1.807) is 0 Å². The van der Waals surface area contributed by atoms with Gasteiger partial charge in [0.15, 0.2) is 0 Å². The number of ether oxygens (including phenoxy) is 1. The molecule has 0 N–H and O–H groups in total. The van der Waals surface area contributed by atoms with Crippen LogP contribution in [0.25, 0.3) is 94.5 Å². The summed E-state index contributed by atoms with van der Waals surface area (Å²) in [4.78, 5) is 5.26. The zero-order chi connectivity index (χ0) is 57.3. The van der Waals surface area contributed by atoms with Gasteiger partial charge in [-0.25, -0.2) is 4.98 Å². The Morgan fingerprint density at radius 1 is 0.422 bits per heavy atom. The number of hydrogen-bond acceptors (Lipinski definition) is 2. The number of nitrogens with zero attached hydrogens (tertiary/aromatic N) is 4. The van der Waals surface area contributed by atoms with Crippen molar-refractivity contribution in [2.45, 2.75) is 154 Å². The van der Waals surface area contributed by atoms with Crippen molar-refractivity contribution in [3.05, 3.63) is 210 Å². The van der Waals surface area contributed by atoms with Gasteiger partial charge < -0.3 is 4.74 Å². The van der Waals surface area contributed by atoms with E-state index in [4.69, 9.17) is 9.72 Å². The average Bonchev–Trinajstić information content (AvgIpc) is 3.74. The normalized spacial score (nSPS) is 18.2. The Labute approximate surface area is 490 Å². The minimum atomic E-state index is -0.119. The summed E-state index contributed by atoms with van der Waals surface area (Å²) < 4.78 is 14.3. The SMILES string of the molecule is CC1(C)CCC(C)(C)c2cc(-n3c4ccccc4c4ccc(Oc5cccc(-n6[c-][n+]7c8c(c9c(cc86)C(C)(C)CCC9(C)C)-c6ccccc6-c6cc8c(cc6-c6cccc(-c9ccccc9)c6-7)C(C)(C)CCC8(C)C)c5)cc43)ncc21. The van der Waals surface area contributed by atoms with Gasteiger partial charge in [-0.2, -0.15) is 0 Å². The maximum absolute atomic E-state index is 7.10. The van der Waals surface area contributed by atoms with Gasteiger partial charge >= 0.3 is 0 Å². The zero-order valence-electron chi connectivity index (χ0n) is 50.6. The van der Waals surface area contributed by atoms with E-state index in [0.29, 0.717) is 0 Å². The van der Waals surface area contributed by atoms with Gasteiger partial charge in [0.2, 0.25) is 0 Å². The first-order valence-electron chi connectivity index (χ1n) is 30.5. The Kier molecular flexibility index (Phi) is 11.1. The quantitative estimate of drug-likeness (QED) is 0.127. The highest BCUT2D eigenvalue weighted by Crippen LogP contribution is 2.57. The number of rotatable bonds is 5. The highest BCUT2D eigenvalue weighted by atomic mass is 16.5. The predicted octanol–water partition coefficient (Wildman–Crippen LogP) is 20.0. The van der Waals surface area contributed by atoms with Crippen molar-refractivity contribution in [3.8, 4) is 73.2 Å². The number of fused-ring (bicyclic) bond motifs is 14. The number of aromatic nitrogens is 4. The molecule has 15 rings (SSSR count). The molecule has 0 atom stereocenters. The third-order valence-corrected chi connectivity index (χ3v) is 20.7.